The highest BCUT2D eigenvalue weighted by molar-refractivity contribution is 7.88. The number of hydrogen-bond donors (Lipinski definition) is 0. The first-order chi connectivity index (χ1) is 9.62. The van der Waals surface area contributed by atoms with Crippen LogP contribution in [0.1, 0.15) is 20.8 Å². The van der Waals surface area contributed by atoms with E-state index in [9.17, 15) is 21.6 Å². The van der Waals surface area contributed by atoms with Crippen LogP contribution in [-0.2, 0) is 10.1 Å². The lowest BCUT2D eigenvalue weighted by molar-refractivity contribution is -0.0500. The second-order valence-corrected chi connectivity index (χ2v) is 11.6. The fourth-order valence-electron chi connectivity index (χ4n) is 2.41. The monoisotopic (exact) mass is 340 g/mol. The van der Waals surface area contributed by atoms with Crippen molar-refractivity contribution in [2.45, 2.75) is 44.4 Å². The lowest BCUT2D eigenvalue weighted by Gasteiger charge is -2.28. The van der Waals surface area contributed by atoms with Crippen molar-refractivity contribution in [3.8, 4) is 5.75 Å². The number of halogens is 3. The Morgan fingerprint density at radius 2 is 1.62 bits per heavy atom. The van der Waals surface area contributed by atoms with E-state index < -0.39 is 23.7 Å². The molecule has 0 fully saturated rings. The van der Waals surface area contributed by atoms with Gasteiger partial charge in [0.05, 0.1) is 8.07 Å². The molecule has 0 amide bonds. The highest BCUT2D eigenvalue weighted by Gasteiger charge is 2.48. The molecule has 0 heterocycles. The van der Waals surface area contributed by atoms with E-state index >= 15 is 0 Å². The van der Waals surface area contributed by atoms with Gasteiger partial charge in [-0.25, -0.2) is 0 Å². The first kappa shape index (κ1) is 18.0. The van der Waals surface area contributed by atoms with Gasteiger partial charge in [0.1, 0.15) is 5.75 Å². The topological polar surface area (TPSA) is 43.4 Å². The molecule has 0 aromatic heterocycles. The van der Waals surface area contributed by atoms with E-state index in [1.54, 1.807) is 6.07 Å². The summed E-state index contributed by atoms with van der Waals surface area (Å²) < 4.78 is 63.4. The van der Waals surface area contributed by atoms with Gasteiger partial charge < -0.3 is 4.18 Å². The van der Waals surface area contributed by atoms with E-state index in [0.29, 0.717) is 0 Å². The van der Waals surface area contributed by atoms with Gasteiger partial charge in [-0.2, -0.15) is 21.6 Å². The molecule has 0 N–H and O–H groups in total. The lowest BCUT2D eigenvalue weighted by Crippen LogP contribution is -2.45. The van der Waals surface area contributed by atoms with Gasteiger partial charge in [0.2, 0.25) is 0 Å². The second kappa shape index (κ2) is 6.39. The molecule has 1 aromatic rings. The summed E-state index contributed by atoms with van der Waals surface area (Å²) in [5.74, 6) is -0.281. The minimum Gasteiger partial charge on any atom is -0.376 e. The van der Waals surface area contributed by atoms with E-state index in [4.69, 9.17) is 0 Å². The third-order valence-corrected chi connectivity index (χ3v) is 10.5. The van der Waals surface area contributed by atoms with Crippen molar-refractivity contribution in [2.75, 3.05) is 0 Å². The Balaban J connectivity index is 3.18. The molecule has 21 heavy (non-hydrogen) atoms. The predicted molar refractivity (Wildman–Crippen MR) is 78.9 cm³/mol. The predicted octanol–water partition coefficient (Wildman–Crippen LogP) is 3.63. The summed E-state index contributed by atoms with van der Waals surface area (Å²) in [7, 11) is -7.42. The van der Waals surface area contributed by atoms with Crippen LogP contribution < -0.4 is 9.37 Å². The lowest BCUT2D eigenvalue weighted by atomic mass is 10.3. The molecule has 0 aliphatic heterocycles. The molecule has 3 nitrogen and oxygen atoms in total. The minimum absolute atomic E-state index is 0.281. The van der Waals surface area contributed by atoms with Gasteiger partial charge in [-0.05, 0) is 12.1 Å². The number of alkyl halides is 3. The summed E-state index contributed by atoms with van der Waals surface area (Å²) in [5, 5.41) is 0.921. The Hall–Kier alpha value is -1.02. The van der Waals surface area contributed by atoms with E-state index in [1.807, 2.05) is 6.07 Å². The van der Waals surface area contributed by atoms with Gasteiger partial charge >= 0.3 is 15.6 Å². The van der Waals surface area contributed by atoms with Crippen molar-refractivity contribution in [3.63, 3.8) is 0 Å². The molecule has 8 heteroatoms. The van der Waals surface area contributed by atoms with Gasteiger partial charge in [-0.3, -0.25) is 0 Å². The molecule has 0 saturated heterocycles. The number of hydrogen-bond acceptors (Lipinski definition) is 3. The van der Waals surface area contributed by atoms with Crippen LogP contribution in [0, 0.1) is 0 Å². The van der Waals surface area contributed by atoms with Crippen molar-refractivity contribution >= 4 is 23.4 Å². The Kier molecular flexibility index (Phi) is 5.49. The zero-order valence-electron chi connectivity index (χ0n) is 12.2. The van der Waals surface area contributed by atoms with E-state index in [0.717, 1.165) is 23.3 Å². The summed E-state index contributed by atoms with van der Waals surface area (Å²) in [6.45, 7) is 6.16. The van der Waals surface area contributed by atoms with Crippen molar-refractivity contribution in [2.24, 2.45) is 0 Å². The molecule has 0 bridgehead atoms. The summed E-state index contributed by atoms with van der Waals surface area (Å²) in [6.07, 6.45) is 0. The van der Waals surface area contributed by atoms with Crippen molar-refractivity contribution in [3.05, 3.63) is 24.3 Å². The normalized spacial score (nSPS) is 13.2. The van der Waals surface area contributed by atoms with Crippen LogP contribution in [0.4, 0.5) is 13.2 Å². The van der Waals surface area contributed by atoms with Crippen LogP contribution in [0.3, 0.4) is 0 Å². The van der Waals surface area contributed by atoms with Gasteiger partial charge in [0, 0.05) is 0 Å². The van der Waals surface area contributed by atoms with E-state index in [1.165, 1.54) is 12.1 Å². The van der Waals surface area contributed by atoms with Crippen LogP contribution in [0.5, 0.6) is 5.75 Å². The fraction of sp³-hybridized carbons (Fsp3) is 0.538. The largest absolute Gasteiger partial charge is 0.534 e. The zero-order valence-corrected chi connectivity index (χ0v) is 14.0. The molecular weight excluding hydrogens is 321 g/mol. The molecule has 120 valence electrons. The molecule has 0 aliphatic carbocycles. The molecular formula is C13H19F3O3SSi. The van der Waals surface area contributed by atoms with Crippen LogP contribution in [0.25, 0.3) is 0 Å². The molecule has 1 aromatic carbocycles. The summed E-state index contributed by atoms with van der Waals surface area (Å²) in [5.41, 5.74) is -5.42. The maximum Gasteiger partial charge on any atom is 0.534 e. The fourth-order valence-corrected chi connectivity index (χ4v) is 6.49. The third-order valence-electron chi connectivity index (χ3n) is 3.97. The Labute approximate surface area is 124 Å². The van der Waals surface area contributed by atoms with Crippen LogP contribution >= 0.6 is 0 Å². The third kappa shape index (κ3) is 3.79. The van der Waals surface area contributed by atoms with Gasteiger partial charge in [-0.1, -0.05) is 56.2 Å². The van der Waals surface area contributed by atoms with Crippen molar-refractivity contribution in [1.82, 2.24) is 0 Å². The highest BCUT2D eigenvalue weighted by atomic mass is 32.2. The molecule has 0 unspecified atom stereocenters. The summed E-state index contributed by atoms with van der Waals surface area (Å²) >= 11 is 0. The second-order valence-electron chi connectivity index (χ2n) is 4.85. The molecule has 0 aliphatic rings. The number of rotatable bonds is 6. The van der Waals surface area contributed by atoms with Gasteiger partial charge in [-0.15, -0.1) is 0 Å². The quantitative estimate of drug-likeness (QED) is 0.451. The summed E-state index contributed by atoms with van der Waals surface area (Å²) in [4.78, 5) is 0. The zero-order chi connectivity index (χ0) is 16.3. The molecule has 0 radical (unpaired) electrons. The average Bonchev–Trinajstić information content (AvgIpc) is 2.40. The maximum absolute atomic E-state index is 12.3. The minimum atomic E-state index is -5.62. The smallest absolute Gasteiger partial charge is 0.376 e. The molecule has 0 spiro atoms. The van der Waals surface area contributed by atoms with Crippen LogP contribution in [0.2, 0.25) is 18.1 Å². The molecule has 1 rings (SSSR count). The Bertz CT molecular complexity index is 572. The van der Waals surface area contributed by atoms with Crippen molar-refractivity contribution < 1.29 is 25.8 Å². The van der Waals surface area contributed by atoms with E-state index in [-0.39, 0.29) is 5.75 Å². The summed E-state index contributed by atoms with van der Waals surface area (Å²) in [6, 6.07) is 8.87. The Morgan fingerprint density at radius 1 is 1.10 bits per heavy atom. The molecule has 0 atom stereocenters. The Morgan fingerprint density at radius 3 is 2.05 bits per heavy atom. The van der Waals surface area contributed by atoms with Gasteiger partial charge in [0.15, 0.2) is 0 Å². The highest BCUT2D eigenvalue weighted by Crippen LogP contribution is 2.27. The SMILES string of the molecule is CC[Si](CC)(CC)c1cccc(OS(=O)(=O)C(F)(F)F)c1. The standard InChI is InChI=1S/C13H19F3O3SSi/c1-4-21(5-2,6-3)12-9-7-8-11(10-12)19-20(17,18)13(14,15)16/h7-10H,4-6H2,1-3H3. The number of benzene rings is 1. The van der Waals surface area contributed by atoms with Crippen LogP contribution in [0.15, 0.2) is 24.3 Å². The van der Waals surface area contributed by atoms with Crippen LogP contribution in [-0.4, -0.2) is 22.0 Å². The van der Waals surface area contributed by atoms with E-state index in [2.05, 4.69) is 25.0 Å². The maximum atomic E-state index is 12.3. The average molecular weight is 340 g/mol. The van der Waals surface area contributed by atoms with Gasteiger partial charge in [0.25, 0.3) is 0 Å². The first-order valence-corrected chi connectivity index (χ1v) is 10.8. The van der Waals surface area contributed by atoms with Crippen molar-refractivity contribution in [1.29, 1.82) is 0 Å². The molecule has 0 saturated carbocycles. The first-order valence-electron chi connectivity index (χ1n) is 6.73.